The molecule has 1 heterocycles. The van der Waals surface area contributed by atoms with E-state index in [2.05, 4.69) is 15.5 Å². The quantitative estimate of drug-likeness (QED) is 0.843. The first-order valence-corrected chi connectivity index (χ1v) is 6.82. The first-order chi connectivity index (χ1) is 9.20. The topological polar surface area (TPSA) is 64.1 Å². The Kier molecular flexibility index (Phi) is 4.71. The van der Waals surface area contributed by atoms with Gasteiger partial charge < -0.3 is 10.1 Å². The van der Waals surface area contributed by atoms with E-state index in [0.717, 1.165) is 37.3 Å². The molecule has 5 heteroatoms. The first kappa shape index (κ1) is 13.8. The van der Waals surface area contributed by atoms with Gasteiger partial charge in [0.2, 0.25) is 0 Å². The lowest BCUT2D eigenvalue weighted by atomic mass is 9.79. The number of nitrogens with zero attached hydrogens (tertiary/aromatic N) is 2. The number of hydrogen-bond acceptors (Lipinski definition) is 5. The van der Waals surface area contributed by atoms with Crippen molar-refractivity contribution in [3.8, 4) is 0 Å². The standard InChI is InChI=1S/C14H21N3O2/c1-10-7-8-13(17-16-10)15-9-11-5-3-4-6-12(11)14(18)19-2/h7-8,11-12H,3-6,9H2,1-2H3,(H,15,17). The van der Waals surface area contributed by atoms with E-state index >= 15 is 0 Å². The van der Waals surface area contributed by atoms with Gasteiger partial charge >= 0.3 is 5.97 Å². The molecular weight excluding hydrogens is 242 g/mol. The Balaban J connectivity index is 1.92. The minimum absolute atomic E-state index is 0.0182. The van der Waals surface area contributed by atoms with Crippen LogP contribution in [0.25, 0.3) is 0 Å². The molecule has 0 saturated heterocycles. The molecule has 1 saturated carbocycles. The van der Waals surface area contributed by atoms with Gasteiger partial charge in [-0.05, 0) is 37.8 Å². The highest BCUT2D eigenvalue weighted by atomic mass is 16.5. The normalized spacial score (nSPS) is 22.8. The number of aryl methyl sites for hydroxylation is 1. The highest BCUT2D eigenvalue weighted by Crippen LogP contribution is 2.31. The summed E-state index contributed by atoms with van der Waals surface area (Å²) >= 11 is 0. The van der Waals surface area contributed by atoms with Crippen LogP contribution in [0.1, 0.15) is 31.4 Å². The highest BCUT2D eigenvalue weighted by molar-refractivity contribution is 5.72. The van der Waals surface area contributed by atoms with Gasteiger partial charge in [-0.3, -0.25) is 4.79 Å². The van der Waals surface area contributed by atoms with Crippen LogP contribution in [0.4, 0.5) is 5.82 Å². The zero-order valence-corrected chi connectivity index (χ0v) is 11.6. The van der Waals surface area contributed by atoms with E-state index in [1.165, 1.54) is 13.5 Å². The van der Waals surface area contributed by atoms with Crippen molar-refractivity contribution in [1.29, 1.82) is 0 Å². The van der Waals surface area contributed by atoms with Crippen LogP contribution < -0.4 is 5.32 Å². The lowest BCUT2D eigenvalue weighted by Gasteiger charge is -2.29. The molecule has 0 aliphatic heterocycles. The van der Waals surface area contributed by atoms with Gasteiger partial charge in [-0.2, -0.15) is 5.10 Å². The average molecular weight is 263 g/mol. The summed E-state index contributed by atoms with van der Waals surface area (Å²) in [7, 11) is 1.47. The summed E-state index contributed by atoms with van der Waals surface area (Å²) in [6, 6.07) is 3.84. The zero-order chi connectivity index (χ0) is 13.7. The number of methoxy groups -OCH3 is 1. The molecule has 1 N–H and O–H groups in total. The van der Waals surface area contributed by atoms with Gasteiger partial charge in [0.1, 0.15) is 5.82 Å². The third kappa shape index (κ3) is 3.66. The molecule has 2 unspecified atom stereocenters. The van der Waals surface area contributed by atoms with Crippen molar-refractivity contribution in [3.63, 3.8) is 0 Å². The van der Waals surface area contributed by atoms with E-state index in [1.54, 1.807) is 0 Å². The Bertz CT molecular complexity index is 419. The number of aromatic nitrogens is 2. The fourth-order valence-corrected chi connectivity index (χ4v) is 2.64. The van der Waals surface area contributed by atoms with E-state index in [9.17, 15) is 4.79 Å². The Morgan fingerprint density at radius 2 is 2.16 bits per heavy atom. The fraction of sp³-hybridized carbons (Fsp3) is 0.643. The minimum atomic E-state index is -0.0820. The van der Waals surface area contributed by atoms with Crippen molar-refractivity contribution in [2.75, 3.05) is 19.0 Å². The predicted octanol–water partition coefficient (Wildman–Crippen LogP) is 2.18. The highest BCUT2D eigenvalue weighted by Gasteiger charge is 2.31. The number of nitrogens with one attached hydrogen (secondary N) is 1. The molecule has 1 aromatic rings. The SMILES string of the molecule is COC(=O)C1CCCCC1CNc1ccc(C)nn1. The van der Waals surface area contributed by atoms with E-state index in [0.29, 0.717) is 5.92 Å². The summed E-state index contributed by atoms with van der Waals surface area (Å²) in [5.41, 5.74) is 0.899. The summed E-state index contributed by atoms with van der Waals surface area (Å²) in [4.78, 5) is 11.8. The molecule has 0 bridgehead atoms. The van der Waals surface area contributed by atoms with Gasteiger partial charge in [0.15, 0.2) is 0 Å². The van der Waals surface area contributed by atoms with E-state index in [1.807, 2.05) is 19.1 Å². The lowest BCUT2D eigenvalue weighted by molar-refractivity contribution is -0.148. The van der Waals surface area contributed by atoms with Crippen molar-refractivity contribution < 1.29 is 9.53 Å². The summed E-state index contributed by atoms with van der Waals surface area (Å²) in [5.74, 6) is 1.02. The molecule has 2 rings (SSSR count). The predicted molar refractivity (Wildman–Crippen MR) is 72.7 cm³/mol. The molecule has 1 aliphatic rings. The molecule has 0 amide bonds. The maximum absolute atomic E-state index is 11.8. The van der Waals surface area contributed by atoms with Crippen LogP contribution in [0.2, 0.25) is 0 Å². The second-order valence-electron chi connectivity index (χ2n) is 5.12. The van der Waals surface area contributed by atoms with Crippen LogP contribution in [0.3, 0.4) is 0 Å². The van der Waals surface area contributed by atoms with Crippen molar-refractivity contribution in [2.24, 2.45) is 11.8 Å². The van der Waals surface area contributed by atoms with E-state index in [4.69, 9.17) is 4.74 Å². The lowest BCUT2D eigenvalue weighted by Crippen LogP contribution is -2.32. The third-order valence-corrected chi connectivity index (χ3v) is 3.76. The number of ether oxygens (including phenoxy) is 1. The van der Waals surface area contributed by atoms with E-state index in [-0.39, 0.29) is 11.9 Å². The second-order valence-corrected chi connectivity index (χ2v) is 5.12. The Morgan fingerprint density at radius 3 is 2.84 bits per heavy atom. The van der Waals surface area contributed by atoms with Crippen LogP contribution in [-0.2, 0) is 9.53 Å². The smallest absolute Gasteiger partial charge is 0.309 e. The molecule has 0 aromatic carbocycles. The van der Waals surface area contributed by atoms with Crippen LogP contribution in [0.5, 0.6) is 0 Å². The summed E-state index contributed by atoms with van der Waals surface area (Å²) in [5, 5.41) is 11.4. The Morgan fingerprint density at radius 1 is 1.37 bits per heavy atom. The largest absolute Gasteiger partial charge is 0.469 e. The molecule has 104 valence electrons. The molecule has 5 nitrogen and oxygen atoms in total. The molecule has 19 heavy (non-hydrogen) atoms. The van der Waals surface area contributed by atoms with Gasteiger partial charge in [-0.25, -0.2) is 0 Å². The Hall–Kier alpha value is -1.65. The maximum Gasteiger partial charge on any atom is 0.309 e. The molecule has 1 aromatic heterocycles. The van der Waals surface area contributed by atoms with Crippen LogP contribution in [0.15, 0.2) is 12.1 Å². The second kappa shape index (κ2) is 6.50. The molecule has 1 aliphatic carbocycles. The van der Waals surface area contributed by atoms with Crippen molar-refractivity contribution in [1.82, 2.24) is 10.2 Å². The maximum atomic E-state index is 11.8. The number of carbonyl (C=O) groups is 1. The Labute approximate surface area is 113 Å². The van der Waals surface area contributed by atoms with Crippen LogP contribution in [0, 0.1) is 18.8 Å². The third-order valence-electron chi connectivity index (χ3n) is 3.76. The summed E-state index contributed by atoms with van der Waals surface area (Å²) in [6.45, 7) is 2.66. The summed E-state index contributed by atoms with van der Waals surface area (Å²) in [6.07, 6.45) is 4.28. The number of hydrogen-bond donors (Lipinski definition) is 1. The minimum Gasteiger partial charge on any atom is -0.469 e. The van der Waals surface area contributed by atoms with Gasteiger partial charge in [0, 0.05) is 6.54 Å². The van der Waals surface area contributed by atoms with Crippen LogP contribution in [-0.4, -0.2) is 29.8 Å². The average Bonchev–Trinajstić information content (AvgIpc) is 2.46. The molecule has 0 spiro atoms. The monoisotopic (exact) mass is 263 g/mol. The number of carbonyl (C=O) groups excluding carboxylic acids is 1. The van der Waals surface area contributed by atoms with Gasteiger partial charge in [-0.15, -0.1) is 5.10 Å². The fourth-order valence-electron chi connectivity index (χ4n) is 2.64. The molecule has 2 atom stereocenters. The molecule has 1 fully saturated rings. The molecular formula is C14H21N3O2. The number of anilines is 1. The number of rotatable bonds is 4. The van der Waals surface area contributed by atoms with E-state index < -0.39 is 0 Å². The van der Waals surface area contributed by atoms with Gasteiger partial charge in [-0.1, -0.05) is 12.8 Å². The zero-order valence-electron chi connectivity index (χ0n) is 11.6. The first-order valence-electron chi connectivity index (χ1n) is 6.82. The van der Waals surface area contributed by atoms with Crippen LogP contribution >= 0.6 is 0 Å². The van der Waals surface area contributed by atoms with Crippen molar-refractivity contribution >= 4 is 11.8 Å². The van der Waals surface area contributed by atoms with Crippen molar-refractivity contribution in [2.45, 2.75) is 32.6 Å². The molecule has 0 radical (unpaired) electrons. The van der Waals surface area contributed by atoms with Crippen molar-refractivity contribution in [3.05, 3.63) is 17.8 Å². The van der Waals surface area contributed by atoms with Gasteiger partial charge in [0.05, 0.1) is 18.7 Å². The summed E-state index contributed by atoms with van der Waals surface area (Å²) < 4.78 is 4.89. The van der Waals surface area contributed by atoms with Gasteiger partial charge in [0.25, 0.3) is 0 Å². The number of esters is 1.